The third-order valence-electron chi connectivity index (χ3n) is 1.41. The van der Waals surface area contributed by atoms with Crippen molar-refractivity contribution in [2.24, 2.45) is 11.5 Å². The molecule has 3 nitrogen and oxygen atoms in total. The fourth-order valence-electron chi connectivity index (χ4n) is 0.811. The third kappa shape index (κ3) is 1.78. The molecule has 1 heterocycles. The summed E-state index contributed by atoms with van der Waals surface area (Å²) in [5.41, 5.74) is 12.5. The van der Waals surface area contributed by atoms with E-state index in [-0.39, 0.29) is 0 Å². The summed E-state index contributed by atoms with van der Waals surface area (Å²) < 4.78 is 0. The van der Waals surface area contributed by atoms with Crippen LogP contribution in [0.3, 0.4) is 0 Å². The molecule has 0 spiro atoms. The highest BCUT2D eigenvalue weighted by Gasteiger charge is 1.96. The Kier molecular flexibility index (Phi) is 2.63. The molecule has 0 fully saturated rings. The third-order valence-corrected chi connectivity index (χ3v) is 1.41. The molecule has 0 aliphatic heterocycles. The van der Waals surface area contributed by atoms with Crippen molar-refractivity contribution in [3.8, 4) is 0 Å². The van der Waals surface area contributed by atoms with Gasteiger partial charge in [0.25, 0.3) is 0 Å². The summed E-state index contributed by atoms with van der Waals surface area (Å²) in [6.45, 7) is 0.424. The van der Waals surface area contributed by atoms with Gasteiger partial charge >= 0.3 is 0 Å². The Hall–Kier alpha value is -1.35. The zero-order valence-electron chi connectivity index (χ0n) is 6.20. The molecule has 1 aromatic heterocycles. The molecule has 0 bridgehead atoms. The summed E-state index contributed by atoms with van der Waals surface area (Å²) >= 11 is 0. The molecule has 3 heteroatoms. The van der Waals surface area contributed by atoms with E-state index in [1.54, 1.807) is 6.20 Å². The van der Waals surface area contributed by atoms with E-state index in [0.29, 0.717) is 6.54 Å². The molecule has 1 aromatic rings. The highest BCUT2D eigenvalue weighted by atomic mass is 14.7. The Morgan fingerprint density at radius 2 is 2.36 bits per heavy atom. The van der Waals surface area contributed by atoms with E-state index in [0.717, 1.165) is 11.3 Å². The molecule has 1 rings (SSSR count). The van der Waals surface area contributed by atoms with Gasteiger partial charge in [-0.15, -0.1) is 0 Å². The minimum Gasteiger partial charge on any atom is -0.404 e. The number of nitrogens with two attached hydrogens (primary N) is 2. The number of aromatic nitrogens is 1. The van der Waals surface area contributed by atoms with Gasteiger partial charge in [0.1, 0.15) is 0 Å². The number of rotatable bonds is 2. The second kappa shape index (κ2) is 3.73. The van der Waals surface area contributed by atoms with Crippen LogP contribution in [0.5, 0.6) is 0 Å². The van der Waals surface area contributed by atoms with E-state index in [2.05, 4.69) is 4.98 Å². The van der Waals surface area contributed by atoms with Crippen LogP contribution in [0.1, 0.15) is 5.69 Å². The molecule has 0 radical (unpaired) electrons. The van der Waals surface area contributed by atoms with Crippen LogP contribution < -0.4 is 11.5 Å². The molecule has 0 saturated carbocycles. The van der Waals surface area contributed by atoms with Gasteiger partial charge in [-0.2, -0.15) is 0 Å². The fourth-order valence-corrected chi connectivity index (χ4v) is 0.811. The average molecular weight is 149 g/mol. The lowest BCUT2D eigenvalue weighted by atomic mass is 10.2. The lowest BCUT2D eigenvalue weighted by molar-refractivity contribution is 1.19. The van der Waals surface area contributed by atoms with Crippen LogP contribution in [0.25, 0.3) is 5.57 Å². The largest absolute Gasteiger partial charge is 0.404 e. The van der Waals surface area contributed by atoms with Gasteiger partial charge in [-0.25, -0.2) is 0 Å². The molecule has 0 unspecified atom stereocenters. The summed E-state index contributed by atoms with van der Waals surface area (Å²) in [5.74, 6) is 0. The molecule has 0 aliphatic carbocycles. The van der Waals surface area contributed by atoms with E-state index < -0.39 is 0 Å². The highest BCUT2D eigenvalue weighted by Crippen LogP contribution is 2.06. The van der Waals surface area contributed by atoms with Crippen LogP contribution in [-0.4, -0.2) is 11.5 Å². The number of hydrogen-bond donors (Lipinski definition) is 2. The summed E-state index contributed by atoms with van der Waals surface area (Å²) in [4.78, 5) is 4.09. The van der Waals surface area contributed by atoms with Gasteiger partial charge in [-0.1, -0.05) is 6.07 Å². The Balaban J connectivity index is 2.92. The first-order chi connectivity index (χ1) is 5.38. The Labute approximate surface area is 65.7 Å². The van der Waals surface area contributed by atoms with Gasteiger partial charge < -0.3 is 11.5 Å². The first-order valence-corrected chi connectivity index (χ1v) is 3.40. The first kappa shape index (κ1) is 7.75. The maximum absolute atomic E-state index is 5.43. The molecule has 11 heavy (non-hydrogen) atoms. The summed E-state index contributed by atoms with van der Waals surface area (Å²) in [7, 11) is 0. The van der Waals surface area contributed by atoms with Gasteiger partial charge in [0, 0.05) is 24.5 Å². The standard InChI is InChI=1S/C8H11N3/c9-5-7(6-10)8-3-1-2-4-11-8/h1-5H,6,9-10H2. The zero-order valence-corrected chi connectivity index (χ0v) is 6.20. The van der Waals surface area contributed by atoms with E-state index in [1.807, 2.05) is 18.2 Å². The maximum atomic E-state index is 5.43. The molecule has 58 valence electrons. The van der Waals surface area contributed by atoms with Crippen molar-refractivity contribution < 1.29 is 0 Å². The quantitative estimate of drug-likeness (QED) is 0.637. The predicted molar refractivity (Wildman–Crippen MR) is 45.5 cm³/mol. The highest BCUT2D eigenvalue weighted by molar-refractivity contribution is 5.62. The van der Waals surface area contributed by atoms with Crippen LogP contribution in [0.15, 0.2) is 30.6 Å². The number of nitrogens with zero attached hydrogens (tertiary/aromatic N) is 1. The second-order valence-electron chi connectivity index (χ2n) is 2.11. The van der Waals surface area contributed by atoms with Crippen LogP contribution in [0, 0.1) is 0 Å². The molecular weight excluding hydrogens is 138 g/mol. The van der Waals surface area contributed by atoms with Crippen molar-refractivity contribution >= 4 is 5.57 Å². The smallest absolute Gasteiger partial charge is 0.0688 e. The van der Waals surface area contributed by atoms with Gasteiger partial charge in [-0.3, -0.25) is 4.98 Å². The van der Waals surface area contributed by atoms with E-state index >= 15 is 0 Å². The van der Waals surface area contributed by atoms with Crippen molar-refractivity contribution in [2.45, 2.75) is 0 Å². The Morgan fingerprint density at radius 1 is 1.55 bits per heavy atom. The monoisotopic (exact) mass is 149 g/mol. The Bertz CT molecular complexity index is 241. The van der Waals surface area contributed by atoms with Crippen LogP contribution >= 0.6 is 0 Å². The van der Waals surface area contributed by atoms with Crippen molar-refractivity contribution in [3.63, 3.8) is 0 Å². The molecule has 0 amide bonds. The lowest BCUT2D eigenvalue weighted by Crippen LogP contribution is -2.05. The normalized spacial score (nSPS) is 11.5. The first-order valence-electron chi connectivity index (χ1n) is 3.40. The maximum Gasteiger partial charge on any atom is 0.0688 e. The van der Waals surface area contributed by atoms with Crippen molar-refractivity contribution in [3.05, 3.63) is 36.3 Å². The molecular formula is C8H11N3. The molecule has 0 saturated heterocycles. The molecule has 0 aromatic carbocycles. The van der Waals surface area contributed by atoms with Gasteiger partial charge in [0.05, 0.1) is 5.69 Å². The van der Waals surface area contributed by atoms with Gasteiger partial charge in [-0.05, 0) is 12.1 Å². The minimum atomic E-state index is 0.424. The summed E-state index contributed by atoms with van der Waals surface area (Å²) in [6, 6.07) is 5.64. The minimum absolute atomic E-state index is 0.424. The Morgan fingerprint density at radius 3 is 2.82 bits per heavy atom. The number of hydrogen-bond acceptors (Lipinski definition) is 3. The predicted octanol–water partition coefficient (Wildman–Crippen LogP) is 0.340. The summed E-state index contributed by atoms with van der Waals surface area (Å²) in [6.07, 6.45) is 3.21. The van der Waals surface area contributed by atoms with Crippen LogP contribution in [-0.2, 0) is 0 Å². The fraction of sp³-hybridized carbons (Fsp3) is 0.125. The number of pyridine rings is 1. The summed E-state index contributed by atoms with van der Waals surface area (Å²) in [5, 5.41) is 0. The van der Waals surface area contributed by atoms with Crippen molar-refractivity contribution in [1.29, 1.82) is 0 Å². The van der Waals surface area contributed by atoms with E-state index in [9.17, 15) is 0 Å². The zero-order chi connectivity index (χ0) is 8.10. The SMILES string of the molecule is NC=C(CN)c1ccccn1. The van der Waals surface area contributed by atoms with Crippen molar-refractivity contribution in [2.75, 3.05) is 6.54 Å². The second-order valence-corrected chi connectivity index (χ2v) is 2.11. The topological polar surface area (TPSA) is 64.9 Å². The van der Waals surface area contributed by atoms with Crippen molar-refractivity contribution in [1.82, 2.24) is 4.98 Å². The molecule has 0 aliphatic rings. The molecule has 4 N–H and O–H groups in total. The van der Waals surface area contributed by atoms with E-state index in [1.165, 1.54) is 6.20 Å². The van der Waals surface area contributed by atoms with Crippen LogP contribution in [0.2, 0.25) is 0 Å². The lowest BCUT2D eigenvalue weighted by Gasteiger charge is -2.00. The van der Waals surface area contributed by atoms with Gasteiger partial charge in [0.15, 0.2) is 0 Å². The van der Waals surface area contributed by atoms with E-state index in [4.69, 9.17) is 11.5 Å². The molecule has 0 atom stereocenters. The van der Waals surface area contributed by atoms with Gasteiger partial charge in [0.2, 0.25) is 0 Å². The average Bonchev–Trinajstić information content (AvgIpc) is 2.09. The van der Waals surface area contributed by atoms with Crippen LogP contribution in [0.4, 0.5) is 0 Å².